The third-order valence-electron chi connectivity index (χ3n) is 3.64. The van der Waals surface area contributed by atoms with E-state index >= 15 is 0 Å². The van der Waals surface area contributed by atoms with Gasteiger partial charge in [-0.15, -0.1) is 0 Å². The van der Waals surface area contributed by atoms with Gasteiger partial charge in [-0.1, -0.05) is 25.1 Å². The number of benzene rings is 2. The van der Waals surface area contributed by atoms with Crippen LogP contribution in [0.3, 0.4) is 0 Å². The van der Waals surface area contributed by atoms with Crippen molar-refractivity contribution in [1.82, 2.24) is 0 Å². The van der Waals surface area contributed by atoms with Crippen LogP contribution in [0, 0.1) is 11.1 Å². The highest BCUT2D eigenvalue weighted by atomic mass is 16.5. The maximum atomic E-state index is 12.1. The molecule has 0 aliphatic heterocycles. The molecule has 0 saturated heterocycles. The molecule has 0 aliphatic carbocycles. The van der Waals surface area contributed by atoms with Crippen molar-refractivity contribution in [3.05, 3.63) is 53.7 Å². The van der Waals surface area contributed by atoms with Gasteiger partial charge in [-0.2, -0.15) is 0 Å². The van der Waals surface area contributed by atoms with Crippen LogP contribution in [0.2, 0.25) is 0 Å². The Labute approximate surface area is 143 Å². The topological polar surface area (TPSA) is 56.9 Å². The minimum absolute atomic E-state index is 0.458. The molecule has 0 heterocycles. The normalized spacial score (nSPS) is 12.7. The molecule has 0 saturated carbocycles. The van der Waals surface area contributed by atoms with Crippen molar-refractivity contribution in [2.24, 2.45) is 11.0 Å². The van der Waals surface area contributed by atoms with E-state index in [1.54, 1.807) is 48.5 Å². The van der Waals surface area contributed by atoms with Gasteiger partial charge in [-0.25, -0.2) is 0 Å². The molecular weight excluding hydrogens is 304 g/mol. The van der Waals surface area contributed by atoms with Crippen LogP contribution in [0.5, 0.6) is 11.5 Å². The Balaban J connectivity index is 2.01. The molecule has 0 bridgehead atoms. The van der Waals surface area contributed by atoms with E-state index in [2.05, 4.69) is 19.0 Å². The van der Waals surface area contributed by atoms with Gasteiger partial charge in [-0.05, 0) is 49.2 Å². The van der Waals surface area contributed by atoms with Crippen LogP contribution in [0.1, 0.15) is 27.2 Å². The molecular formula is C19H24N2O3. The molecule has 2 aromatic carbocycles. The second kappa shape index (κ2) is 8.91. The average molecular weight is 328 g/mol. The molecule has 0 radical (unpaired) electrons. The second-order valence-electron chi connectivity index (χ2n) is 5.62. The molecule has 1 atom stereocenters. The van der Waals surface area contributed by atoms with E-state index in [0.717, 1.165) is 17.9 Å². The Morgan fingerprint density at radius 2 is 1.54 bits per heavy atom. The lowest BCUT2D eigenvalue weighted by atomic mass is 10.1. The second-order valence-corrected chi connectivity index (χ2v) is 5.62. The van der Waals surface area contributed by atoms with Crippen molar-refractivity contribution in [1.29, 1.82) is 0 Å². The summed E-state index contributed by atoms with van der Waals surface area (Å²) in [7, 11) is 0. The van der Waals surface area contributed by atoms with Crippen LogP contribution in [-0.2, 0) is 0 Å². The molecule has 1 unspecified atom stereocenters. The smallest absolute Gasteiger partial charge is 0.245 e. The van der Waals surface area contributed by atoms with Crippen LogP contribution in [-0.4, -0.2) is 18.1 Å². The fourth-order valence-electron chi connectivity index (χ4n) is 1.96. The predicted octanol–water partition coefficient (Wildman–Crippen LogP) is 5.44. The van der Waals surface area contributed by atoms with Crippen LogP contribution in [0.4, 0.5) is 11.4 Å². The monoisotopic (exact) mass is 328 g/mol. The van der Waals surface area contributed by atoms with E-state index in [1.807, 2.05) is 6.92 Å². The standard InChI is InChI=1S/C19H24N2O3/c1-4-15(3)14-24-19-12-8-17(9-13-19)21(22)20-16-6-10-18(11-7-16)23-5-2/h6-13,15H,4-5,14H2,1-3H3. The summed E-state index contributed by atoms with van der Waals surface area (Å²) in [6.07, 6.45) is 1.08. The minimum Gasteiger partial charge on any atom is -0.594 e. The Bertz CT molecular complexity index is 651. The summed E-state index contributed by atoms with van der Waals surface area (Å²) in [5.41, 5.74) is 1.03. The van der Waals surface area contributed by atoms with Crippen molar-refractivity contribution in [2.75, 3.05) is 13.2 Å². The Hall–Kier alpha value is -2.56. The van der Waals surface area contributed by atoms with E-state index < -0.39 is 0 Å². The highest BCUT2D eigenvalue weighted by Crippen LogP contribution is 2.23. The number of azo groups is 1. The van der Waals surface area contributed by atoms with Gasteiger partial charge < -0.3 is 14.7 Å². The first-order valence-corrected chi connectivity index (χ1v) is 8.27. The first-order valence-electron chi connectivity index (χ1n) is 8.27. The zero-order valence-electron chi connectivity index (χ0n) is 14.4. The molecule has 5 heteroatoms. The highest BCUT2D eigenvalue weighted by Gasteiger charge is 2.06. The maximum absolute atomic E-state index is 12.1. The number of hydrogen-bond donors (Lipinski definition) is 0. The molecule has 5 nitrogen and oxygen atoms in total. The molecule has 24 heavy (non-hydrogen) atoms. The summed E-state index contributed by atoms with van der Waals surface area (Å²) in [5, 5.41) is 16.2. The van der Waals surface area contributed by atoms with E-state index in [9.17, 15) is 5.21 Å². The van der Waals surface area contributed by atoms with Gasteiger partial charge in [0.2, 0.25) is 5.69 Å². The highest BCUT2D eigenvalue weighted by molar-refractivity contribution is 5.41. The van der Waals surface area contributed by atoms with Crippen molar-refractivity contribution in [3.63, 3.8) is 0 Å². The lowest BCUT2D eigenvalue weighted by Crippen LogP contribution is -2.07. The third kappa shape index (κ3) is 5.26. The van der Waals surface area contributed by atoms with Crippen molar-refractivity contribution >= 4 is 11.4 Å². The van der Waals surface area contributed by atoms with Gasteiger partial charge >= 0.3 is 0 Å². The Kier molecular flexibility index (Phi) is 6.61. The number of hydrogen-bond acceptors (Lipinski definition) is 4. The molecule has 0 aromatic heterocycles. The average Bonchev–Trinajstić information content (AvgIpc) is 2.62. The summed E-state index contributed by atoms with van der Waals surface area (Å²) in [5.74, 6) is 2.03. The van der Waals surface area contributed by atoms with Gasteiger partial charge in [0.15, 0.2) is 0 Å². The number of rotatable bonds is 8. The summed E-state index contributed by atoms with van der Waals surface area (Å²) >= 11 is 0. The molecule has 2 aromatic rings. The zero-order valence-corrected chi connectivity index (χ0v) is 14.4. The molecule has 128 valence electrons. The molecule has 0 amide bonds. The van der Waals surface area contributed by atoms with Crippen LogP contribution in [0.15, 0.2) is 53.6 Å². The first kappa shape index (κ1) is 17.8. The largest absolute Gasteiger partial charge is 0.594 e. The fourth-order valence-corrected chi connectivity index (χ4v) is 1.96. The minimum atomic E-state index is 0.458. The Morgan fingerprint density at radius 3 is 2.12 bits per heavy atom. The quantitative estimate of drug-likeness (QED) is 0.368. The molecule has 0 fully saturated rings. The van der Waals surface area contributed by atoms with Gasteiger partial charge in [0.05, 0.1) is 13.2 Å². The van der Waals surface area contributed by atoms with Gasteiger partial charge in [0.1, 0.15) is 17.2 Å². The summed E-state index contributed by atoms with van der Waals surface area (Å²) in [4.78, 5) is 0.605. The van der Waals surface area contributed by atoms with E-state index in [4.69, 9.17) is 9.47 Å². The molecule has 2 rings (SSSR count). The SMILES string of the molecule is CCOc1ccc(N=[N+]([O-])c2ccc(OCC(C)CC)cc2)cc1. The molecule has 0 N–H and O–H groups in total. The van der Waals surface area contributed by atoms with E-state index in [-0.39, 0.29) is 0 Å². The zero-order chi connectivity index (χ0) is 17.4. The van der Waals surface area contributed by atoms with Gasteiger partial charge in [0, 0.05) is 17.2 Å². The van der Waals surface area contributed by atoms with Crippen molar-refractivity contribution in [2.45, 2.75) is 27.2 Å². The van der Waals surface area contributed by atoms with Gasteiger partial charge in [0.25, 0.3) is 0 Å². The maximum Gasteiger partial charge on any atom is 0.245 e. The number of ether oxygens (including phenoxy) is 2. The van der Waals surface area contributed by atoms with Gasteiger partial charge in [-0.3, -0.25) is 0 Å². The van der Waals surface area contributed by atoms with E-state index in [0.29, 0.717) is 35.4 Å². The van der Waals surface area contributed by atoms with Crippen molar-refractivity contribution < 1.29 is 14.3 Å². The summed E-state index contributed by atoms with van der Waals surface area (Å²) in [6, 6.07) is 14.1. The predicted molar refractivity (Wildman–Crippen MR) is 94.4 cm³/mol. The molecule has 0 spiro atoms. The fraction of sp³-hybridized carbons (Fsp3) is 0.368. The van der Waals surface area contributed by atoms with Crippen LogP contribution >= 0.6 is 0 Å². The third-order valence-corrected chi connectivity index (χ3v) is 3.64. The Morgan fingerprint density at radius 1 is 0.958 bits per heavy atom. The van der Waals surface area contributed by atoms with E-state index in [1.165, 1.54) is 0 Å². The lowest BCUT2D eigenvalue weighted by Gasteiger charge is -2.10. The molecule has 0 aliphatic rings. The lowest BCUT2D eigenvalue weighted by molar-refractivity contribution is -0.435. The summed E-state index contributed by atoms with van der Waals surface area (Å²) < 4.78 is 11.0. The van der Waals surface area contributed by atoms with Crippen LogP contribution < -0.4 is 9.47 Å². The summed E-state index contributed by atoms with van der Waals surface area (Å²) in [6.45, 7) is 7.48. The van der Waals surface area contributed by atoms with Crippen molar-refractivity contribution in [3.8, 4) is 11.5 Å². The number of nitrogens with zero attached hydrogens (tertiary/aromatic N) is 2. The van der Waals surface area contributed by atoms with Crippen LogP contribution in [0.25, 0.3) is 0 Å². The first-order chi connectivity index (χ1) is 11.6.